The van der Waals surface area contributed by atoms with Crippen molar-refractivity contribution in [2.45, 2.75) is 95.8 Å². The molecule has 0 aromatic rings. The number of amides is 2. The van der Waals surface area contributed by atoms with E-state index in [2.05, 4.69) is 12.2 Å². The number of primary amides is 1. The number of aliphatic carboxylic acids is 1. The quantitative estimate of drug-likeness (QED) is 0.228. The normalized spacial score (nSPS) is 36.6. The van der Waals surface area contributed by atoms with E-state index in [4.69, 9.17) is 15.6 Å². The van der Waals surface area contributed by atoms with Crippen LogP contribution in [-0.2, 0) is 33.5 Å². The summed E-state index contributed by atoms with van der Waals surface area (Å²) in [7, 11) is 0. The highest BCUT2D eigenvalue weighted by Gasteiger charge is 2.68. The van der Waals surface area contributed by atoms with Gasteiger partial charge in [-0.3, -0.25) is 24.0 Å². The number of aliphatic hydroxyl groups excluding tert-OH is 1. The third-order valence-corrected chi connectivity index (χ3v) is 10.5. The van der Waals surface area contributed by atoms with Gasteiger partial charge in [-0.25, -0.2) is 4.79 Å². The first-order valence-corrected chi connectivity index (χ1v) is 14.3. The molecule has 8 unspecified atom stereocenters. The summed E-state index contributed by atoms with van der Waals surface area (Å²) < 4.78 is 5.08. The lowest BCUT2D eigenvalue weighted by Gasteiger charge is -2.60. The number of hydrogen-bond acceptors (Lipinski definition) is 9. The number of carboxylic acid groups (broad SMARTS) is 1. The molecule has 226 valence electrons. The molecule has 0 aromatic heterocycles. The monoisotopic (exact) mass is 576 g/mol. The van der Waals surface area contributed by atoms with E-state index in [1.54, 1.807) is 6.08 Å². The number of rotatable bonds is 10. The van der Waals surface area contributed by atoms with Crippen molar-refractivity contribution in [1.29, 1.82) is 0 Å². The van der Waals surface area contributed by atoms with Gasteiger partial charge in [-0.05, 0) is 67.8 Å². The second kappa shape index (κ2) is 11.3. The van der Waals surface area contributed by atoms with Gasteiger partial charge in [0.05, 0.1) is 18.9 Å². The maximum absolute atomic E-state index is 13.3. The molecular formula is C29H40N2O10. The van der Waals surface area contributed by atoms with Crippen molar-refractivity contribution in [3.05, 3.63) is 11.6 Å². The average Bonchev–Trinajstić information content (AvgIpc) is 3.16. The summed E-state index contributed by atoms with van der Waals surface area (Å²) in [6.07, 6.45) is 3.10. The molecule has 12 nitrogen and oxygen atoms in total. The number of fused-ring (bicyclic) bond motifs is 5. The highest BCUT2D eigenvalue weighted by atomic mass is 16.5. The van der Waals surface area contributed by atoms with E-state index in [-0.39, 0.29) is 41.8 Å². The van der Waals surface area contributed by atoms with E-state index in [9.17, 15) is 39.0 Å². The first-order chi connectivity index (χ1) is 19.1. The van der Waals surface area contributed by atoms with Crippen LogP contribution in [0, 0.1) is 28.6 Å². The largest absolute Gasteiger partial charge is 0.480 e. The number of esters is 1. The van der Waals surface area contributed by atoms with E-state index >= 15 is 0 Å². The van der Waals surface area contributed by atoms with Crippen LogP contribution in [0.2, 0.25) is 0 Å². The van der Waals surface area contributed by atoms with Gasteiger partial charge >= 0.3 is 11.9 Å². The predicted molar refractivity (Wildman–Crippen MR) is 142 cm³/mol. The van der Waals surface area contributed by atoms with Gasteiger partial charge in [-0.1, -0.05) is 19.4 Å². The lowest BCUT2D eigenvalue weighted by molar-refractivity contribution is -0.184. The number of carbonyl (C=O) groups is 6. The minimum atomic E-state index is -1.80. The number of ether oxygens (including phenoxy) is 1. The van der Waals surface area contributed by atoms with Crippen LogP contribution in [0.4, 0.5) is 0 Å². The van der Waals surface area contributed by atoms with E-state index < -0.39 is 78.6 Å². The van der Waals surface area contributed by atoms with Crippen LogP contribution in [-0.4, -0.2) is 75.0 Å². The van der Waals surface area contributed by atoms with Crippen LogP contribution >= 0.6 is 0 Å². The Bertz CT molecular complexity index is 1180. The number of Topliss-reactive ketones (excluding diaryl/α,β-unsaturated/α-hetero) is 1. The molecule has 0 bridgehead atoms. The Morgan fingerprint density at radius 2 is 1.83 bits per heavy atom. The third kappa shape index (κ3) is 5.55. The highest BCUT2D eigenvalue weighted by molar-refractivity contribution is 5.93. The Kier molecular flexibility index (Phi) is 8.48. The van der Waals surface area contributed by atoms with Crippen molar-refractivity contribution in [2.24, 2.45) is 34.3 Å². The molecule has 3 fully saturated rings. The van der Waals surface area contributed by atoms with E-state index in [1.165, 1.54) is 0 Å². The van der Waals surface area contributed by atoms with Gasteiger partial charge in [-0.15, -0.1) is 0 Å². The summed E-state index contributed by atoms with van der Waals surface area (Å²) in [5, 5.41) is 34.4. The van der Waals surface area contributed by atoms with Crippen molar-refractivity contribution in [1.82, 2.24) is 5.32 Å². The SMILES string of the molecule is CC12CCC(=O)C=C1CCC1C2C(O)CC2(C)C1CCC2(O)C(=O)COC(=O)CCC(=O)NC(CC(N)=O)C(=O)O. The van der Waals surface area contributed by atoms with Crippen LogP contribution in [0.15, 0.2) is 11.6 Å². The van der Waals surface area contributed by atoms with E-state index in [1.807, 2.05) is 6.92 Å². The zero-order valence-electron chi connectivity index (χ0n) is 23.5. The highest BCUT2D eigenvalue weighted by Crippen LogP contribution is 2.67. The number of ketones is 2. The third-order valence-electron chi connectivity index (χ3n) is 10.5. The van der Waals surface area contributed by atoms with Crippen LogP contribution in [0.1, 0.15) is 78.1 Å². The number of aliphatic hydroxyl groups is 2. The number of nitrogens with one attached hydrogen (secondary N) is 1. The Morgan fingerprint density at radius 3 is 2.49 bits per heavy atom. The molecule has 0 radical (unpaired) electrons. The zero-order chi connectivity index (χ0) is 30.3. The van der Waals surface area contributed by atoms with Gasteiger partial charge < -0.3 is 31.1 Å². The molecular weight excluding hydrogens is 536 g/mol. The molecule has 0 heterocycles. The van der Waals surface area contributed by atoms with Crippen LogP contribution < -0.4 is 11.1 Å². The molecule has 4 aliphatic rings. The topological polar surface area (TPSA) is 210 Å². The molecule has 41 heavy (non-hydrogen) atoms. The van der Waals surface area contributed by atoms with Gasteiger partial charge in [0.2, 0.25) is 17.6 Å². The first kappa shape index (κ1) is 30.8. The second-order valence-corrected chi connectivity index (χ2v) is 12.7. The summed E-state index contributed by atoms with van der Waals surface area (Å²) in [6.45, 7) is 3.26. The molecule has 4 aliphatic carbocycles. The summed E-state index contributed by atoms with van der Waals surface area (Å²) in [5.74, 6) is -4.62. The molecule has 2 amide bonds. The van der Waals surface area contributed by atoms with Crippen LogP contribution in [0.25, 0.3) is 0 Å². The molecule has 0 spiro atoms. The number of allylic oxidation sites excluding steroid dienone is 1. The molecule has 12 heteroatoms. The number of hydrogen-bond donors (Lipinski definition) is 5. The molecule has 4 rings (SSSR count). The van der Waals surface area contributed by atoms with E-state index in [0.717, 1.165) is 18.4 Å². The summed E-state index contributed by atoms with van der Waals surface area (Å²) in [5.41, 5.74) is 3.05. The Morgan fingerprint density at radius 1 is 1.12 bits per heavy atom. The minimum absolute atomic E-state index is 0.0252. The van der Waals surface area contributed by atoms with Gasteiger partial charge in [0.25, 0.3) is 0 Å². The van der Waals surface area contributed by atoms with Crippen LogP contribution in [0.5, 0.6) is 0 Å². The Hall–Kier alpha value is -3.12. The molecule has 3 saturated carbocycles. The van der Waals surface area contributed by atoms with Gasteiger partial charge in [-0.2, -0.15) is 0 Å². The summed E-state index contributed by atoms with van der Waals surface area (Å²) >= 11 is 0. The molecule has 0 aromatic carbocycles. The predicted octanol–water partition coefficient (Wildman–Crippen LogP) is 0.558. The summed E-state index contributed by atoms with van der Waals surface area (Å²) in [4.78, 5) is 71.8. The van der Waals surface area contributed by atoms with Crippen molar-refractivity contribution in [3.63, 3.8) is 0 Å². The summed E-state index contributed by atoms with van der Waals surface area (Å²) in [6, 6.07) is -1.52. The Labute approximate surface area is 238 Å². The fraction of sp³-hybridized carbons (Fsp3) is 0.724. The first-order valence-electron chi connectivity index (χ1n) is 14.3. The Balaban J connectivity index is 1.36. The van der Waals surface area contributed by atoms with Gasteiger partial charge in [0.1, 0.15) is 11.6 Å². The maximum atomic E-state index is 13.3. The van der Waals surface area contributed by atoms with Crippen molar-refractivity contribution in [3.8, 4) is 0 Å². The molecule has 8 atom stereocenters. The maximum Gasteiger partial charge on any atom is 0.326 e. The van der Waals surface area contributed by atoms with E-state index in [0.29, 0.717) is 19.3 Å². The molecule has 0 aliphatic heterocycles. The van der Waals surface area contributed by atoms with Crippen molar-refractivity contribution in [2.75, 3.05) is 6.61 Å². The fourth-order valence-electron chi connectivity index (χ4n) is 8.37. The minimum Gasteiger partial charge on any atom is -0.480 e. The smallest absolute Gasteiger partial charge is 0.326 e. The standard InChI is InChI=1S/C29H40N2O10/c1-27-9-7-16(32)11-15(27)3-4-17-18-8-10-29(40,28(18,2)13-20(33)25(17)27)21(34)14-41-24(37)6-5-23(36)31-19(26(38)39)12-22(30)35/h11,17-20,25,33,40H,3-10,12-14H2,1-2H3,(H2,30,35)(H,31,36)(H,38,39). The molecule has 6 N–H and O–H groups in total. The van der Waals surface area contributed by atoms with Crippen molar-refractivity contribution < 1.29 is 48.8 Å². The lowest BCUT2D eigenvalue weighted by atomic mass is 9.45. The second-order valence-electron chi connectivity index (χ2n) is 12.7. The number of carbonyl (C=O) groups excluding carboxylic acids is 5. The fourth-order valence-corrected chi connectivity index (χ4v) is 8.37. The molecule has 0 saturated heterocycles. The number of carboxylic acids is 1. The van der Waals surface area contributed by atoms with Crippen molar-refractivity contribution >= 4 is 35.3 Å². The number of nitrogens with two attached hydrogens (primary N) is 1. The lowest BCUT2D eigenvalue weighted by Crippen LogP contribution is -2.62. The van der Waals surface area contributed by atoms with Gasteiger partial charge in [0, 0.05) is 18.3 Å². The van der Waals surface area contributed by atoms with Crippen LogP contribution in [0.3, 0.4) is 0 Å². The zero-order valence-corrected chi connectivity index (χ0v) is 23.5. The van der Waals surface area contributed by atoms with Gasteiger partial charge in [0.15, 0.2) is 12.4 Å². The average molecular weight is 577 g/mol.